The SMILES string of the molecule is CC(C)OB1CC2CCCC(C1)C2. The molecular formula is C11H21BO. The average molecular weight is 180 g/mol. The van der Waals surface area contributed by atoms with Crippen molar-refractivity contribution in [3.05, 3.63) is 0 Å². The topological polar surface area (TPSA) is 9.23 Å². The normalized spacial score (nSPS) is 33.9. The van der Waals surface area contributed by atoms with Gasteiger partial charge >= 0.3 is 0 Å². The molecule has 0 aromatic carbocycles. The fraction of sp³-hybridized carbons (Fsp3) is 1.00. The predicted octanol–water partition coefficient (Wildman–Crippen LogP) is 3.22. The maximum absolute atomic E-state index is 5.93. The number of hydrogen-bond donors (Lipinski definition) is 0. The van der Waals surface area contributed by atoms with Crippen LogP contribution in [0, 0.1) is 11.8 Å². The second-order valence-electron chi connectivity index (χ2n) is 5.18. The van der Waals surface area contributed by atoms with Crippen LogP contribution in [0.3, 0.4) is 0 Å². The van der Waals surface area contributed by atoms with E-state index in [1.54, 1.807) is 0 Å². The molecule has 2 heteroatoms. The Morgan fingerprint density at radius 2 is 1.77 bits per heavy atom. The molecule has 0 aromatic heterocycles. The lowest BCUT2D eigenvalue weighted by Crippen LogP contribution is -2.35. The number of rotatable bonds is 2. The van der Waals surface area contributed by atoms with Crippen LogP contribution >= 0.6 is 0 Å². The fourth-order valence-electron chi connectivity index (χ4n) is 3.17. The standard InChI is InChI=1S/C11H21BO/c1-9(2)13-12-7-10-4-3-5-11(6-10)8-12/h9-11H,3-8H2,1-2H3. The van der Waals surface area contributed by atoms with Crippen molar-refractivity contribution in [1.82, 2.24) is 0 Å². The van der Waals surface area contributed by atoms with Gasteiger partial charge in [-0.1, -0.05) is 19.3 Å². The van der Waals surface area contributed by atoms with E-state index >= 15 is 0 Å². The van der Waals surface area contributed by atoms with Crippen molar-refractivity contribution in [2.75, 3.05) is 0 Å². The van der Waals surface area contributed by atoms with E-state index in [-0.39, 0.29) is 0 Å². The second-order valence-corrected chi connectivity index (χ2v) is 5.18. The highest BCUT2D eigenvalue weighted by Crippen LogP contribution is 2.40. The molecule has 1 saturated carbocycles. The molecule has 1 saturated heterocycles. The van der Waals surface area contributed by atoms with Gasteiger partial charge in [0.15, 0.2) is 0 Å². The van der Waals surface area contributed by atoms with Crippen molar-refractivity contribution < 1.29 is 4.65 Å². The van der Waals surface area contributed by atoms with Gasteiger partial charge in [-0.3, -0.25) is 0 Å². The minimum Gasteiger partial charge on any atom is -0.434 e. The summed E-state index contributed by atoms with van der Waals surface area (Å²) < 4.78 is 5.93. The monoisotopic (exact) mass is 180 g/mol. The molecule has 0 radical (unpaired) electrons. The van der Waals surface area contributed by atoms with Crippen LogP contribution in [0.1, 0.15) is 39.5 Å². The van der Waals surface area contributed by atoms with Crippen LogP contribution in [-0.4, -0.2) is 13.0 Å². The van der Waals surface area contributed by atoms with Crippen LogP contribution in [0.5, 0.6) is 0 Å². The van der Waals surface area contributed by atoms with Gasteiger partial charge in [0.05, 0.1) is 0 Å². The molecule has 1 heterocycles. The quantitative estimate of drug-likeness (QED) is 0.593. The van der Waals surface area contributed by atoms with Crippen LogP contribution in [-0.2, 0) is 4.65 Å². The summed E-state index contributed by atoms with van der Waals surface area (Å²) >= 11 is 0. The first kappa shape index (κ1) is 9.58. The molecule has 2 fully saturated rings. The summed E-state index contributed by atoms with van der Waals surface area (Å²) in [4.78, 5) is 0. The highest BCUT2D eigenvalue weighted by atomic mass is 16.4. The van der Waals surface area contributed by atoms with Crippen molar-refractivity contribution in [3.8, 4) is 0 Å². The summed E-state index contributed by atoms with van der Waals surface area (Å²) in [5, 5.41) is 0. The maximum Gasteiger partial charge on any atom is 0.293 e. The van der Waals surface area contributed by atoms with Gasteiger partial charge in [0.1, 0.15) is 0 Å². The van der Waals surface area contributed by atoms with E-state index in [4.69, 9.17) is 4.65 Å². The molecule has 74 valence electrons. The van der Waals surface area contributed by atoms with Crippen LogP contribution < -0.4 is 0 Å². The van der Waals surface area contributed by atoms with E-state index in [1.165, 1.54) is 38.3 Å². The molecule has 0 spiro atoms. The van der Waals surface area contributed by atoms with E-state index < -0.39 is 0 Å². The van der Waals surface area contributed by atoms with Crippen LogP contribution in [0.4, 0.5) is 0 Å². The van der Waals surface area contributed by atoms with E-state index in [2.05, 4.69) is 13.8 Å². The van der Waals surface area contributed by atoms with Gasteiger partial charge in [0.25, 0.3) is 6.92 Å². The van der Waals surface area contributed by atoms with Gasteiger partial charge in [0.2, 0.25) is 0 Å². The highest BCUT2D eigenvalue weighted by molar-refractivity contribution is 6.52. The highest BCUT2D eigenvalue weighted by Gasteiger charge is 2.35. The Bertz CT molecular complexity index is 157. The Morgan fingerprint density at radius 1 is 1.15 bits per heavy atom. The molecule has 1 nitrogen and oxygen atoms in total. The summed E-state index contributed by atoms with van der Waals surface area (Å²) in [6.07, 6.45) is 9.01. The molecule has 1 aliphatic heterocycles. The molecule has 2 atom stereocenters. The van der Waals surface area contributed by atoms with Crippen molar-refractivity contribution in [2.45, 2.75) is 58.3 Å². The summed E-state index contributed by atoms with van der Waals surface area (Å²) in [6, 6.07) is 0. The minimum atomic E-state index is 0.420. The molecule has 2 aliphatic rings. The molecule has 2 rings (SSSR count). The van der Waals surface area contributed by atoms with E-state index in [1.807, 2.05) is 0 Å². The van der Waals surface area contributed by atoms with Gasteiger partial charge in [0, 0.05) is 6.10 Å². The third-order valence-electron chi connectivity index (χ3n) is 3.55. The molecule has 1 aliphatic carbocycles. The zero-order chi connectivity index (χ0) is 9.26. The Kier molecular flexibility index (Phi) is 2.97. The maximum atomic E-state index is 5.93. The van der Waals surface area contributed by atoms with E-state index in [0.29, 0.717) is 13.0 Å². The number of hydrogen-bond acceptors (Lipinski definition) is 1. The minimum absolute atomic E-state index is 0.420. The van der Waals surface area contributed by atoms with E-state index in [0.717, 1.165) is 11.8 Å². The lowest BCUT2D eigenvalue weighted by atomic mass is 9.47. The summed E-state index contributed by atoms with van der Waals surface area (Å²) in [6.45, 7) is 4.90. The Labute approximate surface area is 82.3 Å². The molecular weight excluding hydrogens is 159 g/mol. The Morgan fingerprint density at radius 3 is 2.31 bits per heavy atom. The lowest BCUT2D eigenvalue weighted by molar-refractivity contribution is 0.202. The van der Waals surface area contributed by atoms with Crippen molar-refractivity contribution in [3.63, 3.8) is 0 Å². The summed E-state index contributed by atoms with van der Waals surface area (Å²) in [5.41, 5.74) is 0. The Balaban J connectivity index is 1.86. The zero-order valence-corrected chi connectivity index (χ0v) is 8.96. The van der Waals surface area contributed by atoms with Crippen LogP contribution in [0.2, 0.25) is 12.6 Å². The van der Waals surface area contributed by atoms with E-state index in [9.17, 15) is 0 Å². The van der Waals surface area contributed by atoms with Crippen LogP contribution in [0.15, 0.2) is 0 Å². The van der Waals surface area contributed by atoms with Crippen LogP contribution in [0.25, 0.3) is 0 Å². The largest absolute Gasteiger partial charge is 0.434 e. The molecule has 0 amide bonds. The first-order chi connectivity index (χ1) is 6.24. The second kappa shape index (κ2) is 4.04. The Hall–Kier alpha value is 0.0249. The summed E-state index contributed by atoms with van der Waals surface area (Å²) in [7, 11) is 0. The van der Waals surface area contributed by atoms with Crippen molar-refractivity contribution in [2.24, 2.45) is 11.8 Å². The van der Waals surface area contributed by atoms with Gasteiger partial charge in [-0.05, 0) is 44.7 Å². The third-order valence-corrected chi connectivity index (χ3v) is 3.55. The average Bonchev–Trinajstić information content (AvgIpc) is 2.01. The summed E-state index contributed by atoms with van der Waals surface area (Å²) in [5.74, 6) is 1.99. The fourth-order valence-corrected chi connectivity index (χ4v) is 3.17. The first-order valence-electron chi connectivity index (χ1n) is 5.89. The van der Waals surface area contributed by atoms with Gasteiger partial charge < -0.3 is 4.65 Å². The zero-order valence-electron chi connectivity index (χ0n) is 8.96. The van der Waals surface area contributed by atoms with Crippen molar-refractivity contribution >= 4 is 6.92 Å². The predicted molar refractivity (Wildman–Crippen MR) is 57.0 cm³/mol. The molecule has 2 bridgehead atoms. The van der Waals surface area contributed by atoms with Gasteiger partial charge in [-0.2, -0.15) is 0 Å². The molecule has 0 N–H and O–H groups in total. The number of fused-ring (bicyclic) bond motifs is 2. The van der Waals surface area contributed by atoms with Gasteiger partial charge in [-0.25, -0.2) is 0 Å². The molecule has 2 unspecified atom stereocenters. The van der Waals surface area contributed by atoms with Gasteiger partial charge in [-0.15, -0.1) is 0 Å². The molecule has 13 heavy (non-hydrogen) atoms. The lowest BCUT2D eigenvalue weighted by Gasteiger charge is -2.37. The van der Waals surface area contributed by atoms with Crippen molar-refractivity contribution in [1.29, 1.82) is 0 Å². The third kappa shape index (κ3) is 2.49. The smallest absolute Gasteiger partial charge is 0.293 e. The molecule has 0 aromatic rings. The first-order valence-corrected chi connectivity index (χ1v) is 5.89.